The Morgan fingerprint density at radius 3 is 2.44 bits per heavy atom. The van der Waals surface area contributed by atoms with E-state index in [1.165, 1.54) is 16.3 Å². The van der Waals surface area contributed by atoms with E-state index in [2.05, 4.69) is 76.3 Å². The van der Waals surface area contributed by atoms with Crippen molar-refractivity contribution in [2.24, 2.45) is 5.41 Å². The van der Waals surface area contributed by atoms with Crippen molar-refractivity contribution >= 4 is 28.2 Å². The molecule has 0 bridgehead atoms. The Kier molecular flexibility index (Phi) is 6.90. The average molecular weight is 553 g/mol. The van der Waals surface area contributed by atoms with E-state index >= 15 is 0 Å². The summed E-state index contributed by atoms with van der Waals surface area (Å²) in [4.78, 5) is 28.0. The number of ether oxygens (including phenoxy) is 1. The monoisotopic (exact) mass is 552 g/mol. The van der Waals surface area contributed by atoms with Gasteiger partial charge in [0.1, 0.15) is 11.2 Å². The van der Waals surface area contributed by atoms with E-state index in [-0.39, 0.29) is 17.4 Å². The molecule has 0 saturated heterocycles. The van der Waals surface area contributed by atoms with Gasteiger partial charge in [-0.05, 0) is 59.6 Å². The van der Waals surface area contributed by atoms with E-state index in [0.717, 1.165) is 16.9 Å². The number of carboxylic acids is 1. The molecular formula is C35H40N2O4. The summed E-state index contributed by atoms with van der Waals surface area (Å²) in [5.41, 5.74) is 2.95. The quantitative estimate of drug-likeness (QED) is 0.328. The van der Waals surface area contributed by atoms with Crippen molar-refractivity contribution in [3.05, 3.63) is 100 Å². The highest BCUT2D eigenvalue weighted by Crippen LogP contribution is 2.54. The Bertz CT molecular complexity index is 1620. The summed E-state index contributed by atoms with van der Waals surface area (Å²) in [6, 6.07) is 19.7. The van der Waals surface area contributed by atoms with Crippen LogP contribution in [0, 0.1) is 5.41 Å². The second kappa shape index (κ2) is 9.88. The molecule has 0 saturated carbocycles. The molecule has 0 radical (unpaired) electrons. The summed E-state index contributed by atoms with van der Waals surface area (Å²) >= 11 is 0. The number of ketones is 1. The lowest BCUT2D eigenvalue weighted by Crippen LogP contribution is -2.62. The van der Waals surface area contributed by atoms with Gasteiger partial charge in [-0.1, -0.05) is 77.1 Å². The van der Waals surface area contributed by atoms with Gasteiger partial charge in [0.2, 0.25) is 0 Å². The Morgan fingerprint density at radius 2 is 1.78 bits per heavy atom. The number of anilines is 1. The largest absolute Gasteiger partial charge is 0.499 e. The fourth-order valence-electron chi connectivity index (χ4n) is 7.31. The van der Waals surface area contributed by atoms with Crippen LogP contribution in [0.4, 0.5) is 5.69 Å². The second-order valence-electron chi connectivity index (χ2n) is 12.5. The lowest BCUT2D eigenvalue weighted by Gasteiger charge is -2.51. The first kappa shape index (κ1) is 28.6. The predicted molar refractivity (Wildman–Crippen MR) is 165 cm³/mol. The lowest BCUT2D eigenvalue weighted by molar-refractivity contribution is -0.131. The van der Waals surface area contributed by atoms with Crippen LogP contribution in [0.15, 0.2) is 83.8 Å². The van der Waals surface area contributed by atoms with Crippen LogP contribution in [0.3, 0.4) is 0 Å². The van der Waals surface area contributed by atoms with Gasteiger partial charge < -0.3 is 20.1 Å². The van der Waals surface area contributed by atoms with Crippen molar-refractivity contribution in [1.29, 1.82) is 0 Å². The number of carbonyl (C=O) groups is 2. The number of Topliss-reactive ketones (excluding diaryl/α,β-unsaturated/α-hetero) is 1. The number of aromatic carboxylic acids is 1. The van der Waals surface area contributed by atoms with Crippen LogP contribution in [0.25, 0.3) is 10.8 Å². The zero-order chi connectivity index (χ0) is 29.9. The number of allylic oxidation sites excluding steroid dienone is 3. The van der Waals surface area contributed by atoms with E-state index in [1.807, 2.05) is 37.1 Å². The number of rotatable bonds is 8. The van der Waals surface area contributed by atoms with Crippen LogP contribution in [-0.4, -0.2) is 43.6 Å². The van der Waals surface area contributed by atoms with Gasteiger partial charge in [-0.15, -0.1) is 0 Å². The van der Waals surface area contributed by atoms with Crippen molar-refractivity contribution in [3.8, 4) is 0 Å². The topological polar surface area (TPSA) is 78.9 Å². The first-order valence-corrected chi connectivity index (χ1v) is 14.2. The van der Waals surface area contributed by atoms with E-state index in [4.69, 9.17) is 4.74 Å². The predicted octanol–water partition coefficient (Wildman–Crippen LogP) is 6.59. The number of benzene rings is 3. The van der Waals surface area contributed by atoms with Crippen LogP contribution in [-0.2, 0) is 20.4 Å². The third kappa shape index (κ3) is 4.11. The highest BCUT2D eigenvalue weighted by atomic mass is 16.5. The van der Waals surface area contributed by atoms with Gasteiger partial charge in [-0.3, -0.25) is 4.79 Å². The molecule has 6 heteroatoms. The highest BCUT2D eigenvalue weighted by molar-refractivity contribution is 6.12. The molecule has 3 aromatic rings. The molecule has 0 spiro atoms. The van der Waals surface area contributed by atoms with Gasteiger partial charge in [0.05, 0.1) is 18.2 Å². The molecule has 214 valence electrons. The summed E-state index contributed by atoms with van der Waals surface area (Å²) in [5, 5.41) is 15.6. The zero-order valence-electron chi connectivity index (χ0n) is 25.3. The minimum Gasteiger partial charge on any atom is -0.499 e. The molecule has 0 amide bonds. The molecule has 1 aliphatic carbocycles. The van der Waals surface area contributed by atoms with Crippen molar-refractivity contribution < 1.29 is 19.4 Å². The Balaban J connectivity index is 1.61. The fraction of sp³-hybridized carbons (Fsp3) is 0.371. The van der Waals surface area contributed by atoms with Crippen LogP contribution in [0.2, 0.25) is 0 Å². The highest BCUT2D eigenvalue weighted by Gasteiger charge is 2.60. The molecule has 2 unspecified atom stereocenters. The molecule has 2 atom stereocenters. The number of hydrogen-bond acceptors (Lipinski definition) is 5. The minimum atomic E-state index is -0.957. The molecule has 6 nitrogen and oxygen atoms in total. The van der Waals surface area contributed by atoms with Crippen molar-refractivity contribution in [2.45, 2.75) is 58.4 Å². The maximum atomic E-state index is 14.3. The first-order valence-electron chi connectivity index (χ1n) is 14.2. The summed E-state index contributed by atoms with van der Waals surface area (Å²) in [6.07, 6.45) is 1.94. The molecule has 5 rings (SSSR count). The molecule has 1 heterocycles. The van der Waals surface area contributed by atoms with Gasteiger partial charge in [0.25, 0.3) is 0 Å². The van der Waals surface area contributed by atoms with Crippen molar-refractivity contribution in [2.75, 3.05) is 25.6 Å². The summed E-state index contributed by atoms with van der Waals surface area (Å²) in [5.74, 6) is -0.255. The van der Waals surface area contributed by atoms with E-state index in [0.29, 0.717) is 17.9 Å². The van der Waals surface area contributed by atoms with E-state index < -0.39 is 22.2 Å². The molecule has 2 N–H and O–H groups in total. The van der Waals surface area contributed by atoms with Crippen molar-refractivity contribution in [1.82, 2.24) is 5.32 Å². The molecule has 0 aromatic heterocycles. The summed E-state index contributed by atoms with van der Waals surface area (Å²) < 4.78 is 6.05. The molecule has 41 heavy (non-hydrogen) atoms. The zero-order valence-corrected chi connectivity index (χ0v) is 25.3. The second-order valence-corrected chi connectivity index (χ2v) is 12.5. The standard InChI is InChI=1S/C35H40N2O4/c1-9-36-32(34(4,5)25-16-12-14-21-13-10-11-15-23(21)25)35(6)29(38)24(30(35)41-8)20-28-33(2,3)26-19-22(31(39)40)17-18-27(26)37(28)7/h10-20,32,36H,9H2,1-8H3,(H,39,40). The van der Waals surface area contributed by atoms with Crippen molar-refractivity contribution in [3.63, 3.8) is 0 Å². The number of hydrogen-bond donors (Lipinski definition) is 2. The molecular weight excluding hydrogens is 512 g/mol. The van der Waals surface area contributed by atoms with Crippen LogP contribution < -0.4 is 10.2 Å². The first-order chi connectivity index (χ1) is 19.3. The molecule has 1 aliphatic heterocycles. The number of nitrogens with zero attached hydrogens (tertiary/aromatic N) is 1. The third-order valence-electron chi connectivity index (χ3n) is 9.39. The van der Waals surface area contributed by atoms with Gasteiger partial charge in [-0.2, -0.15) is 0 Å². The summed E-state index contributed by atoms with van der Waals surface area (Å²) in [7, 11) is 3.60. The van der Waals surface area contributed by atoms with Gasteiger partial charge in [-0.25, -0.2) is 4.79 Å². The fourth-order valence-corrected chi connectivity index (χ4v) is 7.31. The molecule has 0 fully saturated rings. The Hall–Kier alpha value is -3.90. The maximum absolute atomic E-state index is 14.3. The van der Waals surface area contributed by atoms with Crippen LogP contribution >= 0.6 is 0 Å². The average Bonchev–Trinajstić information content (AvgIpc) is 3.14. The number of carboxylic acid groups (broad SMARTS) is 1. The SMILES string of the molecule is CCNC(C1(C)C(=O)C(C=C2N(C)c3ccc(C(=O)O)cc3C2(C)C)=C1OC)C(C)(C)c1cccc2ccccc12. The summed E-state index contributed by atoms with van der Waals surface area (Å²) in [6.45, 7) is 13.3. The Labute approximate surface area is 242 Å². The Morgan fingerprint density at radius 1 is 1.10 bits per heavy atom. The minimum absolute atomic E-state index is 0.0347. The van der Waals surface area contributed by atoms with Gasteiger partial charge >= 0.3 is 5.97 Å². The van der Waals surface area contributed by atoms with E-state index in [1.54, 1.807) is 19.2 Å². The number of nitrogens with one attached hydrogen (secondary N) is 1. The molecule has 3 aromatic carbocycles. The normalized spacial score (nSPS) is 21.7. The smallest absolute Gasteiger partial charge is 0.335 e. The van der Waals surface area contributed by atoms with Crippen LogP contribution in [0.5, 0.6) is 0 Å². The number of fused-ring (bicyclic) bond motifs is 2. The lowest BCUT2D eigenvalue weighted by atomic mass is 9.56. The number of carbonyl (C=O) groups excluding carboxylic acids is 1. The number of methoxy groups -OCH3 is 1. The van der Waals surface area contributed by atoms with E-state index in [9.17, 15) is 14.7 Å². The van der Waals surface area contributed by atoms with Gasteiger partial charge in [0, 0.05) is 35.3 Å². The number of likely N-dealkylation sites (N-methyl/N-ethyl adjacent to an activating group) is 2. The van der Waals surface area contributed by atoms with Crippen LogP contribution in [0.1, 0.15) is 63.0 Å². The van der Waals surface area contributed by atoms with Gasteiger partial charge in [0.15, 0.2) is 5.78 Å². The molecule has 2 aliphatic rings. The maximum Gasteiger partial charge on any atom is 0.335 e. The third-order valence-corrected chi connectivity index (χ3v) is 9.39.